The molecule has 2 N–H and O–H groups in total. The molecule has 2 fully saturated rings. The predicted molar refractivity (Wildman–Crippen MR) is 115 cm³/mol. The van der Waals surface area contributed by atoms with Crippen LogP contribution >= 0.6 is 23.2 Å². The average molecular weight is 487 g/mol. The molecule has 0 amide bonds. The van der Waals surface area contributed by atoms with Crippen LogP contribution in [0.25, 0.3) is 0 Å². The Kier molecular flexibility index (Phi) is 7.44. The van der Waals surface area contributed by atoms with E-state index < -0.39 is 43.6 Å². The summed E-state index contributed by atoms with van der Waals surface area (Å²) in [6.07, 6.45) is -4.90. The van der Waals surface area contributed by atoms with Crippen molar-refractivity contribution in [1.82, 2.24) is 0 Å². The zero-order valence-corrected chi connectivity index (χ0v) is 19.0. The summed E-state index contributed by atoms with van der Waals surface area (Å²) in [6, 6.07) is 10.3. The zero-order chi connectivity index (χ0) is 22.8. The van der Waals surface area contributed by atoms with Crippen molar-refractivity contribution in [3.63, 3.8) is 0 Å². The second-order valence-electron chi connectivity index (χ2n) is 7.41. The highest BCUT2D eigenvalue weighted by molar-refractivity contribution is 6.42. The highest BCUT2D eigenvalue weighted by Gasteiger charge is 2.48. The third-order valence-electron chi connectivity index (χ3n) is 5.42. The van der Waals surface area contributed by atoms with Gasteiger partial charge >= 0.3 is 0 Å². The minimum Gasteiger partial charge on any atom is -0.493 e. The summed E-state index contributed by atoms with van der Waals surface area (Å²) in [5, 5.41) is 20.9. The van der Waals surface area contributed by atoms with Gasteiger partial charge in [0.15, 0.2) is 24.1 Å². The number of benzene rings is 2. The summed E-state index contributed by atoms with van der Waals surface area (Å²) in [5.74, 6) is 1.07. The lowest BCUT2D eigenvalue weighted by Gasteiger charge is -2.47. The molecule has 8 nitrogen and oxygen atoms in total. The highest BCUT2D eigenvalue weighted by atomic mass is 35.5. The Morgan fingerprint density at radius 3 is 2.34 bits per heavy atom. The van der Waals surface area contributed by atoms with Gasteiger partial charge in [0.05, 0.1) is 37.5 Å². The number of hydrogen-bond donors (Lipinski definition) is 2. The van der Waals surface area contributed by atoms with Gasteiger partial charge in [0.1, 0.15) is 24.4 Å². The molecule has 4 rings (SSSR count). The van der Waals surface area contributed by atoms with E-state index in [2.05, 4.69) is 0 Å². The Hall–Kier alpha value is -1.62. The summed E-state index contributed by atoms with van der Waals surface area (Å²) in [4.78, 5) is 0. The van der Waals surface area contributed by atoms with Crippen molar-refractivity contribution < 1.29 is 38.6 Å². The van der Waals surface area contributed by atoms with Crippen LogP contribution in [0.5, 0.6) is 11.5 Å². The van der Waals surface area contributed by atoms with Gasteiger partial charge in [-0.15, -0.1) is 0 Å². The van der Waals surface area contributed by atoms with Gasteiger partial charge in [0.2, 0.25) is 0 Å². The molecule has 2 aromatic carbocycles. The van der Waals surface area contributed by atoms with Gasteiger partial charge in [-0.2, -0.15) is 0 Å². The van der Waals surface area contributed by atoms with Crippen molar-refractivity contribution in [2.45, 2.75) is 37.0 Å². The van der Waals surface area contributed by atoms with Crippen LogP contribution in [0.3, 0.4) is 0 Å². The van der Waals surface area contributed by atoms with Gasteiger partial charge in [0, 0.05) is 11.1 Å². The van der Waals surface area contributed by atoms with Crippen LogP contribution in [0.15, 0.2) is 36.4 Å². The molecule has 0 saturated carbocycles. The quantitative estimate of drug-likeness (QED) is 0.642. The fraction of sp³-hybridized carbons (Fsp3) is 0.455. The monoisotopic (exact) mass is 486 g/mol. The van der Waals surface area contributed by atoms with Crippen LogP contribution < -0.4 is 9.47 Å². The molecule has 2 aromatic rings. The van der Waals surface area contributed by atoms with Crippen LogP contribution in [-0.2, 0) is 18.9 Å². The van der Waals surface area contributed by atoms with E-state index in [1.54, 1.807) is 43.5 Å². The fourth-order valence-electron chi connectivity index (χ4n) is 3.77. The summed E-state index contributed by atoms with van der Waals surface area (Å²) in [6.45, 7) is -0.328. The Labute approximate surface area is 195 Å². The molecule has 0 aliphatic carbocycles. The zero-order valence-electron chi connectivity index (χ0n) is 17.4. The first-order valence-electron chi connectivity index (χ1n) is 9.99. The molecular formula is C22H24Cl2O8. The topological polar surface area (TPSA) is 95.8 Å². The molecule has 0 aromatic heterocycles. The maximum absolute atomic E-state index is 10.5. The molecule has 2 unspecified atom stereocenters. The number of aliphatic hydroxyl groups is 2. The third kappa shape index (κ3) is 4.69. The van der Waals surface area contributed by atoms with E-state index in [0.29, 0.717) is 32.7 Å². The maximum atomic E-state index is 10.5. The number of methoxy groups -OCH3 is 2. The molecule has 10 heteroatoms. The molecule has 0 radical (unpaired) electrons. The van der Waals surface area contributed by atoms with E-state index >= 15 is 0 Å². The summed E-state index contributed by atoms with van der Waals surface area (Å²) >= 11 is 12.1. The van der Waals surface area contributed by atoms with E-state index in [-0.39, 0.29) is 6.61 Å². The van der Waals surface area contributed by atoms with Gasteiger partial charge < -0.3 is 38.6 Å². The van der Waals surface area contributed by atoms with Gasteiger partial charge in [-0.3, -0.25) is 0 Å². The molecule has 0 bridgehead atoms. The number of aliphatic hydroxyl groups excluding tert-OH is 2. The largest absolute Gasteiger partial charge is 0.493 e. The minimum absolute atomic E-state index is 0.178. The summed E-state index contributed by atoms with van der Waals surface area (Å²) in [7, 11) is 3.08. The lowest BCUT2D eigenvalue weighted by molar-refractivity contribution is -0.373. The average Bonchev–Trinajstić information content (AvgIpc) is 2.83. The first kappa shape index (κ1) is 23.5. The summed E-state index contributed by atoms with van der Waals surface area (Å²) < 4.78 is 34.7. The molecular weight excluding hydrogens is 463 g/mol. The Morgan fingerprint density at radius 1 is 0.938 bits per heavy atom. The van der Waals surface area contributed by atoms with Crippen molar-refractivity contribution >= 4 is 23.2 Å². The normalized spacial score (nSPS) is 28.6. The Balaban J connectivity index is 1.57. The fourth-order valence-corrected chi connectivity index (χ4v) is 4.07. The van der Waals surface area contributed by atoms with E-state index in [1.807, 2.05) is 0 Å². The van der Waals surface area contributed by atoms with Crippen LogP contribution in [0.4, 0.5) is 0 Å². The van der Waals surface area contributed by atoms with E-state index in [0.717, 1.165) is 0 Å². The predicted octanol–water partition coefficient (Wildman–Crippen LogP) is 3.26. The molecule has 32 heavy (non-hydrogen) atoms. The minimum atomic E-state index is -1.19. The lowest BCUT2D eigenvalue weighted by Crippen LogP contribution is -2.58. The van der Waals surface area contributed by atoms with Gasteiger partial charge in [-0.25, -0.2) is 0 Å². The Morgan fingerprint density at radius 2 is 1.66 bits per heavy atom. The molecule has 2 saturated heterocycles. The van der Waals surface area contributed by atoms with Crippen molar-refractivity contribution in [2.75, 3.05) is 27.4 Å². The molecule has 2 heterocycles. The van der Waals surface area contributed by atoms with Crippen LogP contribution in [0.2, 0.25) is 10.0 Å². The van der Waals surface area contributed by atoms with Crippen LogP contribution in [0.1, 0.15) is 23.7 Å². The van der Waals surface area contributed by atoms with Crippen molar-refractivity contribution in [3.8, 4) is 11.5 Å². The van der Waals surface area contributed by atoms with Gasteiger partial charge in [-0.05, 0) is 24.3 Å². The molecule has 174 valence electrons. The van der Waals surface area contributed by atoms with Crippen LogP contribution in [-0.4, -0.2) is 62.1 Å². The highest BCUT2D eigenvalue weighted by Crippen LogP contribution is 2.41. The first-order chi connectivity index (χ1) is 15.4. The molecule has 6 atom stereocenters. The standard InChI is InChI=1S/C22H24Cl2O8/c1-27-16-6-4-12(8-17(16)28-2)22-30-18-10-29-21(11-3-5-13(23)14(24)7-11)32-20(18)19(31-22)15(26)9-25/h3-8,15,18-22,25-26H,9-10H2,1-2H3/t15-,18+,19-,20-,21?,22?/m1/s1. The van der Waals surface area contributed by atoms with Crippen molar-refractivity contribution in [3.05, 3.63) is 57.6 Å². The maximum Gasteiger partial charge on any atom is 0.185 e. The lowest BCUT2D eigenvalue weighted by atomic mass is 9.99. The summed E-state index contributed by atoms with van der Waals surface area (Å²) in [5.41, 5.74) is 1.32. The first-order valence-corrected chi connectivity index (χ1v) is 10.7. The third-order valence-corrected chi connectivity index (χ3v) is 6.16. The number of hydrogen-bond acceptors (Lipinski definition) is 8. The second kappa shape index (κ2) is 10.1. The number of rotatable bonds is 6. The Bertz CT molecular complexity index is 942. The number of fused-ring (bicyclic) bond motifs is 1. The van der Waals surface area contributed by atoms with Crippen LogP contribution in [0, 0.1) is 0 Å². The number of halogens is 2. The smallest absolute Gasteiger partial charge is 0.185 e. The molecule has 2 aliphatic rings. The van der Waals surface area contributed by atoms with Crippen molar-refractivity contribution in [2.24, 2.45) is 0 Å². The van der Waals surface area contributed by atoms with Gasteiger partial charge in [-0.1, -0.05) is 35.3 Å². The van der Waals surface area contributed by atoms with Gasteiger partial charge in [0.25, 0.3) is 0 Å². The van der Waals surface area contributed by atoms with E-state index in [1.165, 1.54) is 7.11 Å². The molecule has 0 spiro atoms. The molecule has 2 aliphatic heterocycles. The number of ether oxygens (including phenoxy) is 6. The van der Waals surface area contributed by atoms with Crippen molar-refractivity contribution in [1.29, 1.82) is 0 Å². The van der Waals surface area contributed by atoms with E-state index in [4.69, 9.17) is 51.6 Å². The second-order valence-corrected chi connectivity index (χ2v) is 8.23. The van der Waals surface area contributed by atoms with E-state index in [9.17, 15) is 10.2 Å². The SMILES string of the molecule is COc1ccc(C2O[C@H]([C@H](O)CO)[C@@H]3OC(c4ccc(Cl)c(Cl)c4)OC[C@@H]3O2)cc1OC.